The first-order valence-corrected chi connectivity index (χ1v) is 9.10. The highest BCUT2D eigenvalue weighted by Crippen LogP contribution is 2.11. The number of Topliss-reactive ketones (excluding diaryl/α,β-unsaturated/α-hetero) is 1. The highest BCUT2D eigenvalue weighted by atomic mass is 16.1. The first-order chi connectivity index (χ1) is 10.2. The molecule has 21 heavy (non-hydrogen) atoms. The van der Waals surface area contributed by atoms with Gasteiger partial charge >= 0.3 is 0 Å². The van der Waals surface area contributed by atoms with Crippen molar-refractivity contribution in [2.45, 2.75) is 104 Å². The maximum Gasteiger partial charge on any atom is 0.129 e. The van der Waals surface area contributed by atoms with Gasteiger partial charge < -0.3 is 10.5 Å². The smallest absolute Gasteiger partial charge is 0.129 e. The normalized spacial score (nSPS) is 11.8. The molecule has 0 radical (unpaired) electrons. The molecule has 0 aliphatic rings. The van der Waals surface area contributed by atoms with Gasteiger partial charge in [-0.05, 0) is 39.0 Å². The van der Waals surface area contributed by atoms with E-state index in [9.17, 15) is 4.79 Å². The second kappa shape index (κ2) is 15.6. The van der Waals surface area contributed by atoms with Crippen molar-refractivity contribution >= 4 is 5.78 Å². The molecule has 0 bridgehead atoms. The summed E-state index contributed by atoms with van der Waals surface area (Å²) in [6, 6.07) is 0. The average molecular weight is 296 g/mol. The molecule has 2 nitrogen and oxygen atoms in total. The summed E-state index contributed by atoms with van der Waals surface area (Å²) in [6.07, 6.45) is 19.2. The van der Waals surface area contributed by atoms with Crippen LogP contribution in [-0.4, -0.2) is 5.78 Å². The van der Waals surface area contributed by atoms with Gasteiger partial charge in [0.1, 0.15) is 5.78 Å². The second-order valence-corrected chi connectivity index (χ2v) is 6.31. The molecule has 0 spiro atoms. The number of hydrogen-bond acceptors (Lipinski definition) is 2. The zero-order chi connectivity index (χ0) is 15.8. The maximum absolute atomic E-state index is 10.8. The van der Waals surface area contributed by atoms with Crippen LogP contribution in [0.15, 0.2) is 11.8 Å². The third-order valence-corrected chi connectivity index (χ3v) is 3.96. The Balaban J connectivity index is 3.30. The third kappa shape index (κ3) is 17.2. The Labute approximate surface area is 132 Å². The van der Waals surface area contributed by atoms with Gasteiger partial charge in [0, 0.05) is 12.1 Å². The zero-order valence-corrected chi connectivity index (χ0v) is 14.5. The first-order valence-electron chi connectivity index (χ1n) is 9.10. The lowest BCUT2D eigenvalue weighted by atomic mass is 10.1. The van der Waals surface area contributed by atoms with Crippen molar-refractivity contribution in [1.82, 2.24) is 0 Å². The summed E-state index contributed by atoms with van der Waals surface area (Å²) >= 11 is 0. The zero-order valence-electron chi connectivity index (χ0n) is 14.5. The predicted molar refractivity (Wildman–Crippen MR) is 93.3 cm³/mol. The van der Waals surface area contributed by atoms with Gasteiger partial charge in [0.2, 0.25) is 0 Å². The SMILES string of the molecule is CCCCCCCC/C=C(/N)CCCCCCCC(C)=O. The Morgan fingerprint density at radius 3 is 1.95 bits per heavy atom. The van der Waals surface area contributed by atoms with Crippen molar-refractivity contribution < 1.29 is 4.79 Å². The standard InChI is InChI=1S/C19H37NO/c1-3-4-5-6-7-10-13-16-19(20)17-14-11-8-9-12-15-18(2)21/h16H,3-15,17,20H2,1-2H3/b19-16+. The molecular formula is C19H37NO. The van der Waals surface area contributed by atoms with E-state index in [2.05, 4.69) is 13.0 Å². The lowest BCUT2D eigenvalue weighted by Gasteiger charge is -2.03. The molecule has 124 valence electrons. The Morgan fingerprint density at radius 2 is 1.33 bits per heavy atom. The molecule has 0 aliphatic carbocycles. The Kier molecular flexibility index (Phi) is 15.0. The van der Waals surface area contributed by atoms with E-state index < -0.39 is 0 Å². The van der Waals surface area contributed by atoms with Crippen molar-refractivity contribution in [3.63, 3.8) is 0 Å². The minimum Gasteiger partial charge on any atom is -0.402 e. The van der Waals surface area contributed by atoms with Crippen LogP contribution in [0.2, 0.25) is 0 Å². The van der Waals surface area contributed by atoms with Crippen LogP contribution in [0.3, 0.4) is 0 Å². The van der Waals surface area contributed by atoms with Gasteiger partial charge in [-0.25, -0.2) is 0 Å². The lowest BCUT2D eigenvalue weighted by molar-refractivity contribution is -0.117. The van der Waals surface area contributed by atoms with E-state index in [0.29, 0.717) is 5.78 Å². The van der Waals surface area contributed by atoms with E-state index in [0.717, 1.165) is 31.4 Å². The summed E-state index contributed by atoms with van der Waals surface area (Å²) in [4.78, 5) is 10.8. The van der Waals surface area contributed by atoms with Crippen LogP contribution in [-0.2, 0) is 4.79 Å². The molecular weight excluding hydrogens is 258 g/mol. The van der Waals surface area contributed by atoms with Crippen LogP contribution in [0.5, 0.6) is 0 Å². The van der Waals surface area contributed by atoms with Crippen LogP contribution < -0.4 is 5.73 Å². The molecule has 0 aromatic heterocycles. The van der Waals surface area contributed by atoms with Gasteiger partial charge in [0.25, 0.3) is 0 Å². The van der Waals surface area contributed by atoms with E-state index in [1.165, 1.54) is 64.2 Å². The Bertz CT molecular complexity index is 271. The summed E-state index contributed by atoms with van der Waals surface area (Å²) in [5.41, 5.74) is 7.11. The van der Waals surface area contributed by atoms with Gasteiger partial charge in [-0.15, -0.1) is 0 Å². The molecule has 0 saturated carbocycles. The van der Waals surface area contributed by atoms with Crippen LogP contribution in [0.4, 0.5) is 0 Å². The molecule has 0 amide bonds. The number of unbranched alkanes of at least 4 members (excludes halogenated alkanes) is 10. The number of ketones is 1. The van der Waals surface area contributed by atoms with Crippen LogP contribution in [0, 0.1) is 0 Å². The number of rotatable bonds is 15. The largest absolute Gasteiger partial charge is 0.402 e. The maximum atomic E-state index is 10.8. The van der Waals surface area contributed by atoms with E-state index >= 15 is 0 Å². The highest BCUT2D eigenvalue weighted by molar-refractivity contribution is 5.75. The van der Waals surface area contributed by atoms with Gasteiger partial charge in [-0.1, -0.05) is 64.4 Å². The third-order valence-electron chi connectivity index (χ3n) is 3.96. The quantitative estimate of drug-likeness (QED) is 0.382. The molecule has 0 atom stereocenters. The summed E-state index contributed by atoms with van der Waals surface area (Å²) < 4.78 is 0. The van der Waals surface area contributed by atoms with Crippen molar-refractivity contribution in [3.05, 3.63) is 11.8 Å². The molecule has 2 N–H and O–H groups in total. The summed E-state index contributed by atoms with van der Waals surface area (Å²) in [5.74, 6) is 0.317. The summed E-state index contributed by atoms with van der Waals surface area (Å²) in [6.45, 7) is 3.93. The van der Waals surface area contributed by atoms with Crippen LogP contribution in [0.1, 0.15) is 104 Å². The van der Waals surface area contributed by atoms with Crippen molar-refractivity contribution in [3.8, 4) is 0 Å². The molecule has 0 heterocycles. The van der Waals surface area contributed by atoms with E-state index in [-0.39, 0.29) is 0 Å². The molecule has 0 fully saturated rings. The molecule has 0 rings (SSSR count). The molecule has 0 unspecified atom stereocenters. The minimum atomic E-state index is 0.317. The predicted octanol–water partition coefficient (Wildman–Crippen LogP) is 5.90. The average Bonchev–Trinajstić information content (AvgIpc) is 2.45. The van der Waals surface area contributed by atoms with E-state index in [1.54, 1.807) is 6.92 Å². The fraction of sp³-hybridized carbons (Fsp3) is 0.842. The molecule has 0 aromatic carbocycles. The van der Waals surface area contributed by atoms with Crippen LogP contribution >= 0.6 is 0 Å². The summed E-state index contributed by atoms with van der Waals surface area (Å²) in [7, 11) is 0. The fourth-order valence-corrected chi connectivity index (χ4v) is 2.55. The number of carbonyl (C=O) groups is 1. The molecule has 0 aromatic rings. The first kappa shape index (κ1) is 20.2. The van der Waals surface area contributed by atoms with Gasteiger partial charge in [-0.2, -0.15) is 0 Å². The number of hydrogen-bond donors (Lipinski definition) is 1. The van der Waals surface area contributed by atoms with Crippen LogP contribution in [0.25, 0.3) is 0 Å². The minimum absolute atomic E-state index is 0.317. The Hall–Kier alpha value is -0.790. The molecule has 0 aliphatic heterocycles. The van der Waals surface area contributed by atoms with E-state index in [1.807, 2.05) is 0 Å². The number of carbonyl (C=O) groups excluding carboxylic acids is 1. The second-order valence-electron chi connectivity index (χ2n) is 6.31. The van der Waals surface area contributed by atoms with Gasteiger partial charge in [-0.3, -0.25) is 0 Å². The fourth-order valence-electron chi connectivity index (χ4n) is 2.55. The number of nitrogens with two attached hydrogens (primary N) is 1. The Morgan fingerprint density at radius 1 is 0.810 bits per heavy atom. The van der Waals surface area contributed by atoms with Gasteiger partial charge in [0.15, 0.2) is 0 Å². The lowest BCUT2D eigenvalue weighted by Crippen LogP contribution is -1.97. The summed E-state index contributed by atoms with van der Waals surface area (Å²) in [5, 5.41) is 0. The van der Waals surface area contributed by atoms with Gasteiger partial charge in [0.05, 0.1) is 0 Å². The number of allylic oxidation sites excluding steroid dienone is 2. The van der Waals surface area contributed by atoms with E-state index in [4.69, 9.17) is 5.73 Å². The van der Waals surface area contributed by atoms with Crippen molar-refractivity contribution in [1.29, 1.82) is 0 Å². The van der Waals surface area contributed by atoms with Crippen molar-refractivity contribution in [2.75, 3.05) is 0 Å². The topological polar surface area (TPSA) is 43.1 Å². The van der Waals surface area contributed by atoms with Crippen molar-refractivity contribution in [2.24, 2.45) is 5.73 Å². The molecule has 2 heteroatoms. The highest BCUT2D eigenvalue weighted by Gasteiger charge is 1.96. The monoisotopic (exact) mass is 295 g/mol. The molecule has 0 saturated heterocycles.